The average molecular weight is 316 g/mol. The van der Waals surface area contributed by atoms with E-state index in [0.717, 1.165) is 0 Å². The van der Waals surface area contributed by atoms with Gasteiger partial charge in [-0.25, -0.2) is 8.78 Å². The molecule has 1 unspecified atom stereocenters. The first-order chi connectivity index (χ1) is 9.52. The predicted octanol–water partition coefficient (Wildman–Crippen LogP) is 4.97. The summed E-state index contributed by atoms with van der Waals surface area (Å²) in [7, 11) is 0. The minimum absolute atomic E-state index is 0.0346. The number of hydrogen-bond donors (Lipinski definition) is 1. The quantitative estimate of drug-likeness (QED) is 0.840. The zero-order valence-corrected chi connectivity index (χ0v) is 12.3. The van der Waals surface area contributed by atoms with Crippen molar-refractivity contribution in [2.45, 2.75) is 13.0 Å². The number of nitrogens with one attached hydrogen (secondary N) is 1. The highest BCUT2D eigenvalue weighted by atomic mass is 35.5. The van der Waals surface area contributed by atoms with E-state index in [2.05, 4.69) is 5.32 Å². The molecule has 0 saturated heterocycles. The minimum atomic E-state index is -0.641. The van der Waals surface area contributed by atoms with Gasteiger partial charge in [0.2, 0.25) is 0 Å². The molecule has 106 valence electrons. The molecule has 0 radical (unpaired) electrons. The van der Waals surface area contributed by atoms with Crippen LogP contribution in [0.4, 0.5) is 8.78 Å². The Balaban J connectivity index is 2.56. The highest BCUT2D eigenvalue weighted by Gasteiger charge is 2.21. The van der Waals surface area contributed by atoms with Crippen LogP contribution in [0.25, 0.3) is 0 Å². The van der Waals surface area contributed by atoms with Crippen molar-refractivity contribution in [2.75, 3.05) is 6.54 Å². The number of benzene rings is 2. The van der Waals surface area contributed by atoms with Gasteiger partial charge in [-0.3, -0.25) is 0 Å². The van der Waals surface area contributed by atoms with Crippen molar-refractivity contribution in [3.8, 4) is 0 Å². The van der Waals surface area contributed by atoms with Gasteiger partial charge in [0.25, 0.3) is 0 Å². The maximum absolute atomic E-state index is 14.0. The van der Waals surface area contributed by atoms with Gasteiger partial charge < -0.3 is 5.32 Å². The summed E-state index contributed by atoms with van der Waals surface area (Å²) >= 11 is 11.9. The van der Waals surface area contributed by atoms with Crippen LogP contribution in [-0.2, 0) is 0 Å². The first kappa shape index (κ1) is 15.2. The Kier molecular flexibility index (Phi) is 4.97. The van der Waals surface area contributed by atoms with E-state index in [9.17, 15) is 8.78 Å². The van der Waals surface area contributed by atoms with Gasteiger partial charge >= 0.3 is 0 Å². The van der Waals surface area contributed by atoms with E-state index >= 15 is 0 Å². The van der Waals surface area contributed by atoms with Gasteiger partial charge in [-0.05, 0) is 42.4 Å². The van der Waals surface area contributed by atoms with Crippen LogP contribution < -0.4 is 5.32 Å². The number of hydrogen-bond acceptors (Lipinski definition) is 1. The molecule has 2 aromatic rings. The van der Waals surface area contributed by atoms with E-state index in [1.165, 1.54) is 18.2 Å². The van der Waals surface area contributed by atoms with Crippen molar-refractivity contribution in [3.05, 3.63) is 69.2 Å². The van der Waals surface area contributed by atoms with E-state index in [-0.39, 0.29) is 5.56 Å². The molecule has 5 heteroatoms. The van der Waals surface area contributed by atoms with Gasteiger partial charge in [0.15, 0.2) is 0 Å². The lowest BCUT2D eigenvalue weighted by molar-refractivity contribution is 0.510. The molecule has 1 N–H and O–H groups in total. The summed E-state index contributed by atoms with van der Waals surface area (Å²) in [6, 6.07) is 8.02. The Morgan fingerprint density at radius 2 is 1.60 bits per heavy atom. The summed E-state index contributed by atoms with van der Waals surface area (Å²) in [6.07, 6.45) is 0. The molecule has 1 nitrogen and oxygen atoms in total. The molecule has 0 heterocycles. The second kappa shape index (κ2) is 6.53. The number of halogens is 4. The van der Waals surface area contributed by atoms with E-state index in [0.29, 0.717) is 22.2 Å². The molecule has 0 amide bonds. The van der Waals surface area contributed by atoms with Gasteiger partial charge in [0, 0.05) is 15.6 Å². The second-order valence-corrected chi connectivity index (χ2v) is 5.20. The first-order valence-electron chi connectivity index (χ1n) is 6.16. The Hall–Kier alpha value is -1.16. The first-order valence-corrected chi connectivity index (χ1v) is 6.91. The topological polar surface area (TPSA) is 12.0 Å². The molecule has 0 aliphatic heterocycles. The molecule has 0 aliphatic carbocycles. The van der Waals surface area contributed by atoms with Gasteiger partial charge in [-0.15, -0.1) is 0 Å². The van der Waals surface area contributed by atoms with Gasteiger partial charge in [0.1, 0.15) is 11.6 Å². The van der Waals surface area contributed by atoms with E-state index in [4.69, 9.17) is 23.2 Å². The third kappa shape index (κ3) is 3.29. The predicted molar refractivity (Wildman–Crippen MR) is 78.3 cm³/mol. The SMILES string of the molecule is CCNC(c1cc(Cl)cc(Cl)c1)c1c(F)cccc1F. The molecule has 2 aromatic carbocycles. The van der Waals surface area contributed by atoms with Crippen LogP contribution >= 0.6 is 23.2 Å². The monoisotopic (exact) mass is 315 g/mol. The molecule has 0 fully saturated rings. The highest BCUT2D eigenvalue weighted by Crippen LogP contribution is 2.30. The highest BCUT2D eigenvalue weighted by molar-refractivity contribution is 6.34. The van der Waals surface area contributed by atoms with E-state index < -0.39 is 17.7 Å². The van der Waals surface area contributed by atoms with Gasteiger partial charge in [0.05, 0.1) is 6.04 Å². The normalized spacial score (nSPS) is 12.4. The van der Waals surface area contributed by atoms with Crippen molar-refractivity contribution in [2.24, 2.45) is 0 Å². The Bertz CT molecular complexity index is 576. The molecule has 0 aromatic heterocycles. The second-order valence-electron chi connectivity index (χ2n) is 4.33. The third-order valence-electron chi connectivity index (χ3n) is 2.91. The Morgan fingerprint density at radius 1 is 1.05 bits per heavy atom. The van der Waals surface area contributed by atoms with Crippen molar-refractivity contribution in [1.29, 1.82) is 0 Å². The summed E-state index contributed by atoms with van der Waals surface area (Å²) in [5, 5.41) is 3.90. The molecule has 0 aliphatic rings. The summed E-state index contributed by atoms with van der Waals surface area (Å²) in [5.41, 5.74) is 0.584. The largest absolute Gasteiger partial charge is 0.306 e. The van der Waals surface area contributed by atoms with Crippen molar-refractivity contribution >= 4 is 23.2 Å². The molecule has 20 heavy (non-hydrogen) atoms. The maximum atomic E-state index is 14.0. The molecule has 0 saturated carbocycles. The fraction of sp³-hybridized carbons (Fsp3) is 0.200. The summed E-state index contributed by atoms with van der Waals surface area (Å²) in [4.78, 5) is 0. The standard InChI is InChI=1S/C15H13Cl2F2N/c1-2-20-15(9-6-10(16)8-11(17)7-9)14-12(18)4-3-5-13(14)19/h3-8,15,20H,2H2,1H3. The summed E-state index contributed by atoms with van der Waals surface area (Å²) in [5.74, 6) is -1.21. The lowest BCUT2D eigenvalue weighted by atomic mass is 9.97. The van der Waals surface area contributed by atoms with Gasteiger partial charge in [-0.1, -0.05) is 36.2 Å². The summed E-state index contributed by atoms with van der Waals surface area (Å²) in [6.45, 7) is 2.40. The lowest BCUT2D eigenvalue weighted by Crippen LogP contribution is -2.24. The smallest absolute Gasteiger partial charge is 0.131 e. The summed E-state index contributed by atoms with van der Waals surface area (Å²) < 4.78 is 27.9. The molecular weight excluding hydrogens is 303 g/mol. The van der Waals surface area contributed by atoms with Crippen LogP contribution in [-0.4, -0.2) is 6.54 Å². The maximum Gasteiger partial charge on any atom is 0.131 e. The third-order valence-corrected chi connectivity index (χ3v) is 3.35. The molecule has 2 rings (SSSR count). The number of rotatable bonds is 4. The van der Waals surface area contributed by atoms with Crippen LogP contribution in [0.2, 0.25) is 10.0 Å². The lowest BCUT2D eigenvalue weighted by Gasteiger charge is -2.20. The van der Waals surface area contributed by atoms with Crippen LogP contribution in [0.15, 0.2) is 36.4 Å². The molecular formula is C15H13Cl2F2N. The zero-order chi connectivity index (χ0) is 14.7. The minimum Gasteiger partial charge on any atom is -0.306 e. The molecule has 1 atom stereocenters. The van der Waals surface area contributed by atoms with Crippen molar-refractivity contribution in [1.82, 2.24) is 5.32 Å². The van der Waals surface area contributed by atoms with Crippen LogP contribution in [0.5, 0.6) is 0 Å². The van der Waals surface area contributed by atoms with Crippen molar-refractivity contribution < 1.29 is 8.78 Å². The van der Waals surface area contributed by atoms with E-state index in [1.54, 1.807) is 18.2 Å². The van der Waals surface area contributed by atoms with Crippen LogP contribution in [0.3, 0.4) is 0 Å². The Labute approximate surface area is 126 Å². The fourth-order valence-corrected chi connectivity index (χ4v) is 2.66. The molecule has 0 bridgehead atoms. The zero-order valence-electron chi connectivity index (χ0n) is 10.8. The molecule has 0 spiro atoms. The van der Waals surface area contributed by atoms with Crippen molar-refractivity contribution in [3.63, 3.8) is 0 Å². The Morgan fingerprint density at radius 3 is 2.10 bits per heavy atom. The van der Waals surface area contributed by atoms with Crippen LogP contribution in [0.1, 0.15) is 24.1 Å². The van der Waals surface area contributed by atoms with Crippen LogP contribution in [0, 0.1) is 11.6 Å². The fourth-order valence-electron chi connectivity index (χ4n) is 2.12. The van der Waals surface area contributed by atoms with E-state index in [1.807, 2.05) is 6.92 Å². The van der Waals surface area contributed by atoms with Gasteiger partial charge in [-0.2, -0.15) is 0 Å². The average Bonchev–Trinajstić information content (AvgIpc) is 2.36.